The van der Waals surface area contributed by atoms with Crippen LogP contribution in [0.4, 0.5) is 0 Å². The van der Waals surface area contributed by atoms with Crippen LogP contribution in [0.15, 0.2) is 61.2 Å². The van der Waals surface area contributed by atoms with E-state index in [4.69, 9.17) is 27.9 Å². The second-order valence-electron chi connectivity index (χ2n) is 5.71. The van der Waals surface area contributed by atoms with Crippen LogP contribution in [0.2, 0.25) is 10.0 Å². The molecule has 0 spiro atoms. The second-order valence-corrected chi connectivity index (χ2v) is 6.55. The van der Waals surface area contributed by atoms with Crippen LogP contribution in [0.5, 0.6) is 0 Å². The van der Waals surface area contributed by atoms with Crippen molar-refractivity contribution in [1.82, 2.24) is 9.55 Å². The molecule has 5 heteroatoms. The van der Waals surface area contributed by atoms with Crippen molar-refractivity contribution in [2.45, 2.75) is 26.2 Å². The van der Waals surface area contributed by atoms with Gasteiger partial charge in [0, 0.05) is 28.0 Å². The lowest BCUT2D eigenvalue weighted by Crippen LogP contribution is -2.12. The summed E-state index contributed by atoms with van der Waals surface area (Å²) in [5, 5.41) is 1.22. The SMILES string of the molecule is Cc1ccc(COC(Cn2ccnc2)c2ccc(Cl)cc2Cl)cc1. The third kappa shape index (κ3) is 4.38. The van der Waals surface area contributed by atoms with Crippen molar-refractivity contribution in [3.05, 3.63) is 87.9 Å². The van der Waals surface area contributed by atoms with Gasteiger partial charge in [-0.1, -0.05) is 59.1 Å². The van der Waals surface area contributed by atoms with E-state index >= 15 is 0 Å². The molecule has 0 saturated carbocycles. The molecular formula is C19H18Cl2N2O. The van der Waals surface area contributed by atoms with E-state index in [2.05, 4.69) is 36.2 Å². The highest BCUT2D eigenvalue weighted by molar-refractivity contribution is 6.35. The first kappa shape index (κ1) is 17.0. The topological polar surface area (TPSA) is 27.1 Å². The molecule has 0 N–H and O–H groups in total. The molecule has 0 aliphatic rings. The fourth-order valence-corrected chi connectivity index (χ4v) is 3.00. The molecule has 0 aliphatic heterocycles. The summed E-state index contributed by atoms with van der Waals surface area (Å²) < 4.78 is 8.15. The summed E-state index contributed by atoms with van der Waals surface area (Å²) in [5.74, 6) is 0. The molecule has 1 aromatic heterocycles. The molecule has 3 nitrogen and oxygen atoms in total. The highest BCUT2D eigenvalue weighted by Gasteiger charge is 2.17. The van der Waals surface area contributed by atoms with Gasteiger partial charge in [0.25, 0.3) is 0 Å². The second kappa shape index (κ2) is 7.84. The normalized spacial score (nSPS) is 12.3. The molecule has 124 valence electrons. The van der Waals surface area contributed by atoms with Crippen LogP contribution in [0.25, 0.3) is 0 Å². The van der Waals surface area contributed by atoms with Gasteiger partial charge >= 0.3 is 0 Å². The van der Waals surface area contributed by atoms with Crippen molar-refractivity contribution in [1.29, 1.82) is 0 Å². The van der Waals surface area contributed by atoms with Gasteiger partial charge in [-0.05, 0) is 24.6 Å². The zero-order valence-electron chi connectivity index (χ0n) is 13.3. The molecule has 24 heavy (non-hydrogen) atoms. The first-order chi connectivity index (χ1) is 11.6. The van der Waals surface area contributed by atoms with Crippen LogP contribution < -0.4 is 0 Å². The summed E-state index contributed by atoms with van der Waals surface area (Å²) in [4.78, 5) is 4.09. The molecule has 2 aromatic carbocycles. The molecule has 0 saturated heterocycles. The van der Waals surface area contributed by atoms with Gasteiger partial charge in [-0.15, -0.1) is 0 Å². The van der Waals surface area contributed by atoms with Gasteiger partial charge in [0.2, 0.25) is 0 Å². The lowest BCUT2D eigenvalue weighted by Gasteiger charge is -2.20. The first-order valence-corrected chi connectivity index (χ1v) is 8.45. The molecule has 1 atom stereocenters. The van der Waals surface area contributed by atoms with Crippen molar-refractivity contribution in [3.63, 3.8) is 0 Å². The lowest BCUT2D eigenvalue weighted by atomic mass is 10.1. The Balaban J connectivity index is 1.80. The average molecular weight is 361 g/mol. The number of halogens is 2. The fraction of sp³-hybridized carbons (Fsp3) is 0.211. The number of hydrogen-bond donors (Lipinski definition) is 0. The van der Waals surface area contributed by atoms with Gasteiger partial charge in [0.05, 0.1) is 19.5 Å². The van der Waals surface area contributed by atoms with Crippen LogP contribution in [0.3, 0.4) is 0 Å². The quantitative estimate of drug-likeness (QED) is 0.583. The van der Waals surface area contributed by atoms with Crippen LogP contribution in [0.1, 0.15) is 22.8 Å². The third-order valence-corrected chi connectivity index (χ3v) is 4.38. The van der Waals surface area contributed by atoms with Crippen molar-refractivity contribution in [3.8, 4) is 0 Å². The Morgan fingerprint density at radius 1 is 1.12 bits per heavy atom. The van der Waals surface area contributed by atoms with E-state index in [0.717, 1.165) is 11.1 Å². The van der Waals surface area contributed by atoms with Gasteiger partial charge in [0.1, 0.15) is 6.10 Å². The van der Waals surface area contributed by atoms with E-state index in [1.807, 2.05) is 22.9 Å². The van der Waals surface area contributed by atoms with E-state index in [9.17, 15) is 0 Å². The van der Waals surface area contributed by atoms with Gasteiger partial charge < -0.3 is 9.30 Å². The van der Waals surface area contributed by atoms with Gasteiger partial charge in [0.15, 0.2) is 0 Å². The maximum absolute atomic E-state index is 6.38. The van der Waals surface area contributed by atoms with E-state index in [0.29, 0.717) is 23.2 Å². The van der Waals surface area contributed by atoms with Crippen LogP contribution in [0, 0.1) is 6.92 Å². The fourth-order valence-electron chi connectivity index (χ4n) is 2.47. The number of rotatable bonds is 6. The van der Waals surface area contributed by atoms with Crippen molar-refractivity contribution < 1.29 is 4.74 Å². The number of aryl methyl sites for hydroxylation is 1. The maximum atomic E-state index is 6.38. The van der Waals surface area contributed by atoms with Gasteiger partial charge in [-0.3, -0.25) is 0 Å². The Hall–Kier alpha value is -1.81. The molecule has 0 radical (unpaired) electrons. The van der Waals surface area contributed by atoms with E-state index < -0.39 is 0 Å². The Labute approximate surface area is 151 Å². The predicted molar refractivity (Wildman–Crippen MR) is 97.4 cm³/mol. The molecule has 1 heterocycles. The Morgan fingerprint density at radius 2 is 1.92 bits per heavy atom. The van der Waals surface area contributed by atoms with Gasteiger partial charge in [-0.25, -0.2) is 4.98 Å². The average Bonchev–Trinajstić information content (AvgIpc) is 3.06. The summed E-state index contributed by atoms with van der Waals surface area (Å²) in [6.45, 7) is 3.21. The number of hydrogen-bond acceptors (Lipinski definition) is 2. The number of imidazole rings is 1. The third-order valence-electron chi connectivity index (χ3n) is 3.82. The summed E-state index contributed by atoms with van der Waals surface area (Å²) in [6, 6.07) is 13.8. The van der Waals surface area contributed by atoms with E-state index in [1.54, 1.807) is 18.6 Å². The summed E-state index contributed by atoms with van der Waals surface area (Å²) >= 11 is 12.4. The number of benzene rings is 2. The number of aromatic nitrogens is 2. The van der Waals surface area contributed by atoms with Crippen LogP contribution in [-0.4, -0.2) is 9.55 Å². The smallest absolute Gasteiger partial charge is 0.102 e. The largest absolute Gasteiger partial charge is 0.367 e. The summed E-state index contributed by atoms with van der Waals surface area (Å²) in [5.41, 5.74) is 3.28. The highest BCUT2D eigenvalue weighted by Crippen LogP contribution is 2.30. The Kier molecular flexibility index (Phi) is 5.56. The van der Waals surface area contributed by atoms with Crippen LogP contribution in [-0.2, 0) is 17.9 Å². The first-order valence-electron chi connectivity index (χ1n) is 7.69. The Bertz CT molecular complexity index is 786. The zero-order valence-corrected chi connectivity index (χ0v) is 14.8. The van der Waals surface area contributed by atoms with E-state index in [-0.39, 0.29) is 6.10 Å². The Morgan fingerprint density at radius 3 is 2.58 bits per heavy atom. The molecule has 1 unspecified atom stereocenters. The molecule has 0 fully saturated rings. The summed E-state index contributed by atoms with van der Waals surface area (Å²) in [7, 11) is 0. The van der Waals surface area contributed by atoms with Crippen molar-refractivity contribution >= 4 is 23.2 Å². The zero-order chi connectivity index (χ0) is 16.9. The standard InChI is InChI=1S/C19H18Cl2N2O/c1-14-2-4-15(5-3-14)12-24-19(11-23-9-8-22-13-23)17-7-6-16(20)10-18(17)21/h2-10,13,19H,11-12H2,1H3. The van der Waals surface area contributed by atoms with E-state index in [1.165, 1.54) is 5.56 Å². The predicted octanol–water partition coefficient (Wildman–Crippen LogP) is 5.46. The molecule has 0 bridgehead atoms. The minimum atomic E-state index is -0.190. The molecular weight excluding hydrogens is 343 g/mol. The number of ether oxygens (including phenoxy) is 1. The monoisotopic (exact) mass is 360 g/mol. The van der Waals surface area contributed by atoms with Crippen LogP contribution >= 0.6 is 23.2 Å². The molecule has 0 aliphatic carbocycles. The minimum Gasteiger partial charge on any atom is -0.367 e. The van der Waals surface area contributed by atoms with Crippen molar-refractivity contribution in [2.75, 3.05) is 0 Å². The summed E-state index contributed by atoms with van der Waals surface area (Å²) in [6.07, 6.45) is 5.24. The molecule has 0 amide bonds. The van der Waals surface area contributed by atoms with Gasteiger partial charge in [-0.2, -0.15) is 0 Å². The maximum Gasteiger partial charge on any atom is 0.102 e. The minimum absolute atomic E-state index is 0.190. The molecule has 3 rings (SSSR count). The van der Waals surface area contributed by atoms with Crippen molar-refractivity contribution in [2.24, 2.45) is 0 Å². The molecule has 3 aromatic rings. The lowest BCUT2D eigenvalue weighted by molar-refractivity contribution is 0.0280. The highest BCUT2D eigenvalue weighted by atomic mass is 35.5. The number of nitrogens with zero attached hydrogens (tertiary/aromatic N) is 2.